The van der Waals surface area contributed by atoms with Gasteiger partial charge in [-0.3, -0.25) is 19.5 Å². The van der Waals surface area contributed by atoms with E-state index in [2.05, 4.69) is 4.99 Å². The Bertz CT molecular complexity index is 1470. The van der Waals surface area contributed by atoms with Crippen LogP contribution in [0, 0.1) is 10.1 Å². The van der Waals surface area contributed by atoms with E-state index < -0.39 is 16.9 Å². The number of carbonyl (C=O) groups is 1. The van der Waals surface area contributed by atoms with Crippen molar-refractivity contribution in [2.75, 3.05) is 6.61 Å². The maximum atomic E-state index is 13.5. The van der Waals surface area contributed by atoms with Gasteiger partial charge in [-0.2, -0.15) is 0 Å². The summed E-state index contributed by atoms with van der Waals surface area (Å²) in [6.07, 6.45) is 1.58. The van der Waals surface area contributed by atoms with Crippen LogP contribution < -0.4 is 14.9 Å². The van der Waals surface area contributed by atoms with Crippen LogP contribution in [0.2, 0.25) is 5.02 Å². The Labute approximate surface area is 196 Å². The van der Waals surface area contributed by atoms with Crippen LogP contribution in [0.25, 0.3) is 6.08 Å². The molecule has 3 aromatic rings. The summed E-state index contributed by atoms with van der Waals surface area (Å²) >= 11 is 7.20. The molecule has 0 fully saturated rings. The number of esters is 1. The van der Waals surface area contributed by atoms with Gasteiger partial charge in [-0.1, -0.05) is 47.2 Å². The third-order valence-corrected chi connectivity index (χ3v) is 6.32. The fourth-order valence-corrected chi connectivity index (χ4v) is 4.80. The number of rotatable bonds is 5. The lowest BCUT2D eigenvalue weighted by atomic mass is 9.96. The van der Waals surface area contributed by atoms with Crippen LogP contribution in [0.5, 0.6) is 0 Å². The zero-order valence-electron chi connectivity index (χ0n) is 17.6. The minimum absolute atomic E-state index is 0.0731. The molecule has 2 heterocycles. The van der Waals surface area contributed by atoms with Crippen LogP contribution in [-0.2, 0) is 9.53 Å². The van der Waals surface area contributed by atoms with Crippen LogP contribution in [0.3, 0.4) is 0 Å². The average molecular weight is 484 g/mol. The summed E-state index contributed by atoms with van der Waals surface area (Å²) in [6, 6.07) is 12.1. The second-order valence-electron chi connectivity index (χ2n) is 7.21. The molecule has 0 amide bonds. The van der Waals surface area contributed by atoms with Gasteiger partial charge in [-0.25, -0.2) is 9.79 Å². The average Bonchev–Trinajstić information content (AvgIpc) is 3.08. The van der Waals surface area contributed by atoms with Gasteiger partial charge in [-0.15, -0.1) is 0 Å². The number of aromatic nitrogens is 1. The van der Waals surface area contributed by atoms with Crippen molar-refractivity contribution in [3.05, 3.63) is 106 Å². The summed E-state index contributed by atoms with van der Waals surface area (Å²) in [7, 11) is 0. The first-order valence-electron chi connectivity index (χ1n) is 9.99. The number of thiazole rings is 1. The Hall–Kier alpha value is -3.56. The predicted octanol–water partition coefficient (Wildman–Crippen LogP) is 3.36. The van der Waals surface area contributed by atoms with E-state index in [9.17, 15) is 19.7 Å². The standard InChI is InChI=1S/C23H18ClN3O5S/c1-3-32-22(29)19-13(2)25-23-26(20(19)15-7-9-16(24)10-8-15)21(28)18(33-23)12-14-5-4-6-17(11-14)27(30)31/h4-12,20H,3H2,1-2H3/b18-12-. The van der Waals surface area contributed by atoms with Gasteiger partial charge in [0, 0.05) is 17.2 Å². The molecule has 0 bridgehead atoms. The fraction of sp³-hybridized carbons (Fsp3) is 0.174. The highest BCUT2D eigenvalue weighted by Gasteiger charge is 2.33. The van der Waals surface area contributed by atoms with Crippen molar-refractivity contribution in [2.45, 2.75) is 19.9 Å². The number of fused-ring (bicyclic) bond motifs is 1. The van der Waals surface area contributed by atoms with E-state index in [1.807, 2.05) is 0 Å². The van der Waals surface area contributed by atoms with Gasteiger partial charge in [0.25, 0.3) is 11.2 Å². The summed E-state index contributed by atoms with van der Waals surface area (Å²) in [6.45, 7) is 3.59. The van der Waals surface area contributed by atoms with Crippen molar-refractivity contribution in [1.82, 2.24) is 4.57 Å². The molecule has 4 rings (SSSR count). The maximum Gasteiger partial charge on any atom is 0.338 e. The summed E-state index contributed by atoms with van der Waals surface area (Å²) < 4.78 is 7.05. The Morgan fingerprint density at radius 2 is 2.03 bits per heavy atom. The van der Waals surface area contributed by atoms with Gasteiger partial charge in [0.1, 0.15) is 0 Å². The lowest BCUT2D eigenvalue weighted by Gasteiger charge is -2.24. The second kappa shape index (κ2) is 9.13. The summed E-state index contributed by atoms with van der Waals surface area (Å²) in [5, 5.41) is 11.6. The largest absolute Gasteiger partial charge is 0.463 e. The molecule has 0 saturated heterocycles. The molecule has 1 aliphatic heterocycles. The fourth-order valence-electron chi connectivity index (χ4n) is 3.63. The van der Waals surface area contributed by atoms with E-state index in [4.69, 9.17) is 16.3 Å². The molecule has 33 heavy (non-hydrogen) atoms. The van der Waals surface area contributed by atoms with E-state index in [0.29, 0.717) is 31.2 Å². The molecule has 1 aliphatic rings. The van der Waals surface area contributed by atoms with Gasteiger partial charge in [-0.05, 0) is 43.2 Å². The van der Waals surface area contributed by atoms with Gasteiger partial charge in [0.15, 0.2) is 4.80 Å². The third kappa shape index (κ3) is 4.37. The highest BCUT2D eigenvalue weighted by molar-refractivity contribution is 7.07. The molecule has 168 valence electrons. The molecular weight excluding hydrogens is 466 g/mol. The van der Waals surface area contributed by atoms with Crippen LogP contribution in [0.15, 0.2) is 69.6 Å². The minimum atomic E-state index is -0.746. The minimum Gasteiger partial charge on any atom is -0.463 e. The summed E-state index contributed by atoms with van der Waals surface area (Å²) in [5.41, 5.74) is 1.49. The third-order valence-electron chi connectivity index (χ3n) is 5.08. The normalized spacial score (nSPS) is 15.7. The zero-order chi connectivity index (χ0) is 23.7. The van der Waals surface area contributed by atoms with Crippen molar-refractivity contribution in [3.8, 4) is 0 Å². The Morgan fingerprint density at radius 3 is 2.70 bits per heavy atom. The summed E-state index contributed by atoms with van der Waals surface area (Å²) in [5.74, 6) is -0.549. The molecule has 2 aromatic carbocycles. The molecule has 0 aliphatic carbocycles. The van der Waals surface area contributed by atoms with Crippen LogP contribution in [-0.4, -0.2) is 22.1 Å². The Kier molecular flexibility index (Phi) is 6.26. The number of nitrogens with zero attached hydrogens (tertiary/aromatic N) is 3. The van der Waals surface area contributed by atoms with Crippen LogP contribution in [0.1, 0.15) is 31.0 Å². The Balaban J connectivity index is 1.94. The molecule has 1 atom stereocenters. The number of hydrogen-bond donors (Lipinski definition) is 0. The monoisotopic (exact) mass is 483 g/mol. The SMILES string of the molecule is CCOC(=O)C1=C(C)N=c2s/c(=C\c3cccc([N+](=O)[O-])c3)c(=O)n2C1c1ccc(Cl)cc1. The van der Waals surface area contributed by atoms with Crippen molar-refractivity contribution >= 4 is 40.7 Å². The lowest BCUT2D eigenvalue weighted by molar-refractivity contribution is -0.384. The van der Waals surface area contributed by atoms with Crippen LogP contribution >= 0.6 is 22.9 Å². The molecule has 0 N–H and O–H groups in total. The Morgan fingerprint density at radius 1 is 1.30 bits per heavy atom. The molecule has 0 spiro atoms. The molecule has 10 heteroatoms. The number of non-ortho nitro benzene ring substituents is 1. The first-order valence-corrected chi connectivity index (χ1v) is 11.2. The first kappa shape index (κ1) is 22.6. The van der Waals surface area contributed by atoms with Crippen molar-refractivity contribution < 1.29 is 14.5 Å². The molecular formula is C23H18ClN3O5S. The van der Waals surface area contributed by atoms with Crippen molar-refractivity contribution in [2.24, 2.45) is 4.99 Å². The molecule has 1 aromatic heterocycles. The van der Waals surface area contributed by atoms with E-state index in [-0.39, 0.29) is 23.4 Å². The highest BCUT2D eigenvalue weighted by atomic mass is 35.5. The lowest BCUT2D eigenvalue weighted by Crippen LogP contribution is -2.39. The van der Waals surface area contributed by atoms with Crippen molar-refractivity contribution in [3.63, 3.8) is 0 Å². The van der Waals surface area contributed by atoms with E-state index in [0.717, 1.165) is 11.3 Å². The van der Waals surface area contributed by atoms with E-state index >= 15 is 0 Å². The number of benzene rings is 2. The van der Waals surface area contributed by atoms with E-state index in [1.54, 1.807) is 56.3 Å². The molecule has 0 saturated carbocycles. The quantitative estimate of drug-likeness (QED) is 0.314. The second-order valence-corrected chi connectivity index (χ2v) is 8.65. The van der Waals surface area contributed by atoms with Gasteiger partial charge >= 0.3 is 5.97 Å². The van der Waals surface area contributed by atoms with Gasteiger partial charge in [0.2, 0.25) is 0 Å². The molecule has 8 nitrogen and oxygen atoms in total. The number of hydrogen-bond acceptors (Lipinski definition) is 7. The number of ether oxygens (including phenoxy) is 1. The highest BCUT2D eigenvalue weighted by Crippen LogP contribution is 2.31. The number of nitro groups is 1. The van der Waals surface area contributed by atoms with Crippen molar-refractivity contribution in [1.29, 1.82) is 0 Å². The number of carbonyl (C=O) groups excluding carboxylic acids is 1. The summed E-state index contributed by atoms with van der Waals surface area (Å²) in [4.78, 5) is 41.8. The predicted molar refractivity (Wildman–Crippen MR) is 125 cm³/mol. The van der Waals surface area contributed by atoms with Gasteiger partial charge in [0.05, 0.1) is 33.4 Å². The topological polar surface area (TPSA) is 104 Å². The number of nitro benzene ring substituents is 1. The van der Waals surface area contributed by atoms with Gasteiger partial charge < -0.3 is 4.74 Å². The zero-order valence-corrected chi connectivity index (χ0v) is 19.2. The maximum absolute atomic E-state index is 13.5. The molecule has 0 radical (unpaired) electrons. The molecule has 1 unspecified atom stereocenters. The van der Waals surface area contributed by atoms with Crippen LogP contribution in [0.4, 0.5) is 5.69 Å². The van der Waals surface area contributed by atoms with E-state index in [1.165, 1.54) is 16.7 Å². The smallest absolute Gasteiger partial charge is 0.338 e. The first-order chi connectivity index (χ1) is 15.8. The number of allylic oxidation sites excluding steroid dienone is 1. The number of halogens is 1.